The van der Waals surface area contributed by atoms with Gasteiger partial charge < -0.3 is 0 Å². The van der Waals surface area contributed by atoms with Crippen molar-refractivity contribution < 1.29 is 4.57 Å². The summed E-state index contributed by atoms with van der Waals surface area (Å²) < 4.78 is 3.16. The molecule has 2 aromatic rings. The number of aryl methyl sites for hydroxylation is 1. The Morgan fingerprint density at radius 1 is 1.07 bits per heavy atom. The second-order valence-electron chi connectivity index (χ2n) is 3.27. The molecule has 0 radical (unpaired) electrons. The first-order valence-corrected chi connectivity index (χ1v) is 5.26. The number of nitrogens with zero attached hydrogens (tertiary/aromatic N) is 1. The van der Waals surface area contributed by atoms with E-state index in [2.05, 4.69) is 51.0 Å². The number of rotatable bonds is 1. The van der Waals surface area contributed by atoms with Crippen molar-refractivity contribution in [2.24, 2.45) is 7.05 Å². The zero-order valence-corrected chi connectivity index (χ0v) is 9.53. The van der Waals surface area contributed by atoms with Crippen LogP contribution in [-0.4, -0.2) is 0 Å². The standard InChI is InChI=1S/C12H11BrN/c1-14-7-3-5-11(9-14)10-4-2-6-12(13)8-10/h2-9H,1H3/q+1. The summed E-state index contributed by atoms with van der Waals surface area (Å²) in [4.78, 5) is 0. The molecule has 0 atom stereocenters. The number of aromatic nitrogens is 1. The quantitative estimate of drug-likeness (QED) is 0.684. The van der Waals surface area contributed by atoms with E-state index in [0.717, 1.165) is 4.47 Å². The predicted octanol–water partition coefficient (Wildman–Crippen LogP) is 2.94. The summed E-state index contributed by atoms with van der Waals surface area (Å²) in [7, 11) is 2.03. The van der Waals surface area contributed by atoms with Crippen LogP contribution >= 0.6 is 15.9 Å². The first-order valence-electron chi connectivity index (χ1n) is 4.47. The van der Waals surface area contributed by atoms with Gasteiger partial charge in [0.25, 0.3) is 0 Å². The number of benzene rings is 1. The topological polar surface area (TPSA) is 3.88 Å². The van der Waals surface area contributed by atoms with Gasteiger partial charge in [-0.2, -0.15) is 0 Å². The lowest BCUT2D eigenvalue weighted by molar-refractivity contribution is -0.671. The molecule has 0 saturated heterocycles. The Labute approximate surface area is 92.2 Å². The molecule has 0 aliphatic carbocycles. The molecular weight excluding hydrogens is 238 g/mol. The highest BCUT2D eigenvalue weighted by molar-refractivity contribution is 9.10. The molecule has 1 aromatic carbocycles. The predicted molar refractivity (Wildman–Crippen MR) is 60.8 cm³/mol. The first-order chi connectivity index (χ1) is 6.75. The normalized spacial score (nSPS) is 10.1. The van der Waals surface area contributed by atoms with Gasteiger partial charge in [-0.1, -0.05) is 28.1 Å². The van der Waals surface area contributed by atoms with E-state index in [-0.39, 0.29) is 0 Å². The fourth-order valence-corrected chi connectivity index (χ4v) is 1.83. The van der Waals surface area contributed by atoms with Crippen molar-refractivity contribution in [2.45, 2.75) is 0 Å². The van der Waals surface area contributed by atoms with E-state index in [1.54, 1.807) is 0 Å². The summed E-state index contributed by atoms with van der Waals surface area (Å²) in [6.07, 6.45) is 4.14. The van der Waals surface area contributed by atoms with Crippen LogP contribution in [0.2, 0.25) is 0 Å². The van der Waals surface area contributed by atoms with Gasteiger partial charge in [0.15, 0.2) is 12.4 Å². The molecule has 0 unspecified atom stereocenters. The van der Waals surface area contributed by atoms with Crippen LogP contribution in [0.15, 0.2) is 53.3 Å². The molecule has 0 aliphatic rings. The summed E-state index contributed by atoms with van der Waals surface area (Å²) in [6.45, 7) is 0. The van der Waals surface area contributed by atoms with E-state index in [4.69, 9.17) is 0 Å². The summed E-state index contributed by atoms with van der Waals surface area (Å²) in [5.41, 5.74) is 2.46. The lowest BCUT2D eigenvalue weighted by atomic mass is 10.1. The molecule has 1 aromatic heterocycles. The lowest BCUT2D eigenvalue weighted by Gasteiger charge is -1.99. The highest BCUT2D eigenvalue weighted by Crippen LogP contribution is 2.21. The average Bonchev–Trinajstić information content (AvgIpc) is 2.18. The highest BCUT2D eigenvalue weighted by atomic mass is 79.9. The Bertz CT molecular complexity index is 408. The molecule has 0 aliphatic heterocycles. The molecule has 0 fully saturated rings. The van der Waals surface area contributed by atoms with Crippen molar-refractivity contribution in [3.8, 4) is 11.1 Å². The Balaban J connectivity index is 2.49. The van der Waals surface area contributed by atoms with Crippen molar-refractivity contribution in [3.63, 3.8) is 0 Å². The van der Waals surface area contributed by atoms with Crippen molar-refractivity contribution in [3.05, 3.63) is 53.3 Å². The summed E-state index contributed by atoms with van der Waals surface area (Å²) >= 11 is 3.47. The van der Waals surface area contributed by atoms with Crippen LogP contribution < -0.4 is 4.57 Å². The third-order valence-electron chi connectivity index (χ3n) is 2.10. The summed E-state index contributed by atoms with van der Waals surface area (Å²) in [6, 6.07) is 12.5. The number of hydrogen-bond donors (Lipinski definition) is 0. The number of halogens is 1. The number of hydrogen-bond acceptors (Lipinski definition) is 0. The van der Waals surface area contributed by atoms with Gasteiger partial charge in [0.2, 0.25) is 0 Å². The van der Waals surface area contributed by atoms with Gasteiger partial charge in [0, 0.05) is 16.1 Å². The first kappa shape index (κ1) is 9.41. The van der Waals surface area contributed by atoms with Gasteiger partial charge in [-0.25, -0.2) is 4.57 Å². The fourth-order valence-electron chi connectivity index (χ4n) is 1.43. The molecule has 1 nitrogen and oxygen atoms in total. The Kier molecular flexibility index (Phi) is 2.64. The average molecular weight is 249 g/mol. The van der Waals surface area contributed by atoms with Crippen LogP contribution in [0.5, 0.6) is 0 Å². The minimum absolute atomic E-state index is 1.11. The van der Waals surface area contributed by atoms with E-state index < -0.39 is 0 Å². The van der Waals surface area contributed by atoms with Crippen LogP contribution in [0, 0.1) is 0 Å². The van der Waals surface area contributed by atoms with Gasteiger partial charge >= 0.3 is 0 Å². The second kappa shape index (κ2) is 3.93. The van der Waals surface area contributed by atoms with Crippen LogP contribution in [0.1, 0.15) is 0 Å². The van der Waals surface area contributed by atoms with Crippen LogP contribution in [0.3, 0.4) is 0 Å². The zero-order valence-electron chi connectivity index (χ0n) is 7.94. The third kappa shape index (κ3) is 2.02. The van der Waals surface area contributed by atoms with E-state index in [9.17, 15) is 0 Å². The Morgan fingerprint density at radius 2 is 1.86 bits per heavy atom. The summed E-state index contributed by atoms with van der Waals surface area (Å²) in [5, 5.41) is 0. The molecule has 14 heavy (non-hydrogen) atoms. The molecule has 0 bridgehead atoms. The molecule has 0 N–H and O–H groups in total. The number of pyridine rings is 1. The Morgan fingerprint density at radius 3 is 2.57 bits per heavy atom. The maximum atomic E-state index is 3.47. The zero-order chi connectivity index (χ0) is 9.97. The Hall–Kier alpha value is -1.15. The molecule has 1 heterocycles. The maximum absolute atomic E-state index is 3.47. The van der Waals surface area contributed by atoms with E-state index in [1.807, 2.05) is 25.4 Å². The van der Waals surface area contributed by atoms with Crippen LogP contribution in [0.4, 0.5) is 0 Å². The van der Waals surface area contributed by atoms with Gasteiger partial charge in [0.05, 0.1) is 0 Å². The van der Waals surface area contributed by atoms with Gasteiger partial charge in [-0.05, 0) is 23.8 Å². The molecule has 2 rings (SSSR count). The minimum atomic E-state index is 1.11. The minimum Gasteiger partial charge on any atom is -0.207 e. The highest BCUT2D eigenvalue weighted by Gasteiger charge is 2.01. The monoisotopic (exact) mass is 248 g/mol. The maximum Gasteiger partial charge on any atom is 0.176 e. The van der Waals surface area contributed by atoms with Crippen molar-refractivity contribution in [1.82, 2.24) is 0 Å². The van der Waals surface area contributed by atoms with E-state index >= 15 is 0 Å². The molecule has 70 valence electrons. The van der Waals surface area contributed by atoms with Crippen molar-refractivity contribution in [2.75, 3.05) is 0 Å². The molecule has 0 spiro atoms. The van der Waals surface area contributed by atoms with Crippen molar-refractivity contribution in [1.29, 1.82) is 0 Å². The fraction of sp³-hybridized carbons (Fsp3) is 0.0833. The van der Waals surface area contributed by atoms with Crippen LogP contribution in [-0.2, 0) is 7.05 Å². The SMILES string of the molecule is C[n+]1cccc(-c2cccc(Br)c2)c1. The third-order valence-corrected chi connectivity index (χ3v) is 2.59. The van der Waals surface area contributed by atoms with E-state index in [0.29, 0.717) is 0 Å². The second-order valence-corrected chi connectivity index (χ2v) is 4.18. The van der Waals surface area contributed by atoms with E-state index in [1.165, 1.54) is 11.1 Å². The molecule has 0 amide bonds. The largest absolute Gasteiger partial charge is 0.207 e. The lowest BCUT2D eigenvalue weighted by Crippen LogP contribution is -2.26. The summed E-state index contributed by atoms with van der Waals surface area (Å²) in [5.74, 6) is 0. The molecule has 2 heteroatoms. The van der Waals surface area contributed by atoms with Crippen molar-refractivity contribution >= 4 is 15.9 Å². The smallest absolute Gasteiger partial charge is 0.176 e. The van der Waals surface area contributed by atoms with Crippen LogP contribution in [0.25, 0.3) is 11.1 Å². The molecule has 0 saturated carbocycles. The molecular formula is C12H11BrN+. The van der Waals surface area contributed by atoms with Gasteiger partial charge in [-0.3, -0.25) is 0 Å². The van der Waals surface area contributed by atoms with Gasteiger partial charge in [0.1, 0.15) is 7.05 Å². The van der Waals surface area contributed by atoms with Gasteiger partial charge in [-0.15, -0.1) is 0 Å².